The van der Waals surface area contributed by atoms with Crippen LogP contribution in [0.1, 0.15) is 26.2 Å². The summed E-state index contributed by atoms with van der Waals surface area (Å²) < 4.78 is 5.77. The Morgan fingerprint density at radius 1 is 1.29 bits per heavy atom. The molecule has 28 heavy (non-hydrogen) atoms. The van der Waals surface area contributed by atoms with E-state index in [9.17, 15) is 10.1 Å². The second kappa shape index (κ2) is 9.22. The third-order valence-electron chi connectivity index (χ3n) is 5.07. The number of oxazole rings is 1. The minimum atomic E-state index is -0.0900. The average molecular weight is 401 g/mol. The van der Waals surface area contributed by atoms with Gasteiger partial charge >= 0.3 is 0 Å². The molecule has 1 aliphatic rings. The van der Waals surface area contributed by atoms with Gasteiger partial charge < -0.3 is 9.32 Å². The Morgan fingerprint density at radius 2 is 2.00 bits per heavy atom. The number of carbonyl (C=O) groups excluding carboxylic acids is 1. The molecule has 0 spiro atoms. The van der Waals surface area contributed by atoms with Crippen molar-refractivity contribution in [1.82, 2.24) is 14.8 Å². The molecule has 0 bridgehead atoms. The molecular formula is C21H25ClN4O2. The molecule has 148 valence electrons. The first-order chi connectivity index (χ1) is 13.5. The van der Waals surface area contributed by atoms with Crippen LogP contribution in [0.15, 0.2) is 34.9 Å². The number of hydrogen-bond donors (Lipinski definition) is 0. The second-order valence-electron chi connectivity index (χ2n) is 7.33. The Morgan fingerprint density at radius 3 is 2.64 bits per heavy atom. The van der Waals surface area contributed by atoms with Crippen LogP contribution in [-0.2, 0) is 11.2 Å². The smallest absolute Gasteiger partial charge is 0.223 e. The zero-order valence-corrected chi connectivity index (χ0v) is 17.0. The standard InChI is InChI=1S/C21H25ClN4O2/c1-15(2)18(13-23)25-9-11-26(12-10-25)21(27)8-7-20-24-14-19(28-20)16-5-3-4-6-17(16)22/h3-6,14-15,18H,7-12H2,1-2H3. The molecule has 1 aromatic heterocycles. The molecule has 2 aromatic rings. The van der Waals surface area contributed by atoms with Crippen LogP contribution < -0.4 is 0 Å². The van der Waals surface area contributed by atoms with Crippen LogP contribution in [0.3, 0.4) is 0 Å². The van der Waals surface area contributed by atoms with Crippen molar-refractivity contribution in [2.45, 2.75) is 32.7 Å². The lowest BCUT2D eigenvalue weighted by Crippen LogP contribution is -2.52. The van der Waals surface area contributed by atoms with E-state index < -0.39 is 0 Å². The molecule has 1 aromatic carbocycles. The summed E-state index contributed by atoms with van der Waals surface area (Å²) in [4.78, 5) is 20.8. The number of carbonyl (C=O) groups is 1. The highest BCUT2D eigenvalue weighted by atomic mass is 35.5. The molecule has 1 unspecified atom stereocenters. The zero-order chi connectivity index (χ0) is 20.1. The summed E-state index contributed by atoms with van der Waals surface area (Å²) >= 11 is 6.19. The first-order valence-electron chi connectivity index (χ1n) is 9.60. The normalized spacial score (nSPS) is 16.2. The first kappa shape index (κ1) is 20.4. The van der Waals surface area contributed by atoms with E-state index in [0.717, 1.165) is 18.7 Å². The third kappa shape index (κ3) is 4.73. The number of piperazine rings is 1. The van der Waals surface area contributed by atoms with Crippen LogP contribution in [0.2, 0.25) is 5.02 Å². The van der Waals surface area contributed by atoms with Crippen molar-refractivity contribution < 1.29 is 9.21 Å². The van der Waals surface area contributed by atoms with Gasteiger partial charge in [-0.15, -0.1) is 0 Å². The molecule has 7 heteroatoms. The highest BCUT2D eigenvalue weighted by molar-refractivity contribution is 6.33. The maximum atomic E-state index is 12.5. The fourth-order valence-electron chi connectivity index (χ4n) is 3.49. The maximum Gasteiger partial charge on any atom is 0.223 e. The predicted octanol–water partition coefficient (Wildman–Crippen LogP) is 3.62. The molecule has 0 radical (unpaired) electrons. The van der Waals surface area contributed by atoms with E-state index in [1.165, 1.54) is 0 Å². The predicted molar refractivity (Wildman–Crippen MR) is 108 cm³/mol. The maximum absolute atomic E-state index is 12.5. The molecular weight excluding hydrogens is 376 g/mol. The SMILES string of the molecule is CC(C)C(C#N)N1CCN(C(=O)CCc2ncc(-c3ccccc3Cl)o2)CC1. The monoisotopic (exact) mass is 400 g/mol. The Hall–Kier alpha value is -2.36. The summed E-state index contributed by atoms with van der Waals surface area (Å²) in [6, 6.07) is 9.72. The molecule has 0 aliphatic carbocycles. The van der Waals surface area contributed by atoms with Gasteiger partial charge in [0.1, 0.15) is 6.04 Å². The van der Waals surface area contributed by atoms with Gasteiger partial charge in [-0.3, -0.25) is 9.69 Å². The number of nitriles is 1. The number of halogens is 1. The fourth-order valence-corrected chi connectivity index (χ4v) is 3.71. The van der Waals surface area contributed by atoms with Crippen molar-refractivity contribution in [1.29, 1.82) is 5.26 Å². The van der Waals surface area contributed by atoms with E-state index in [0.29, 0.717) is 42.6 Å². The molecule has 1 fully saturated rings. The number of rotatable bonds is 6. The van der Waals surface area contributed by atoms with Gasteiger partial charge in [0.2, 0.25) is 5.91 Å². The molecule has 1 aliphatic heterocycles. The topological polar surface area (TPSA) is 73.4 Å². The van der Waals surface area contributed by atoms with Crippen molar-refractivity contribution in [3.63, 3.8) is 0 Å². The summed E-state index contributed by atoms with van der Waals surface area (Å²) in [5, 5.41) is 9.95. The van der Waals surface area contributed by atoms with Gasteiger partial charge in [-0.05, 0) is 18.1 Å². The van der Waals surface area contributed by atoms with E-state index in [1.54, 1.807) is 12.3 Å². The quantitative estimate of drug-likeness (QED) is 0.740. The number of aryl methyl sites for hydroxylation is 1. The van der Waals surface area contributed by atoms with Crippen LogP contribution in [0, 0.1) is 17.2 Å². The summed E-state index contributed by atoms with van der Waals surface area (Å²) in [6.07, 6.45) is 2.46. The minimum absolute atomic E-state index is 0.0900. The summed E-state index contributed by atoms with van der Waals surface area (Å²) in [5.74, 6) is 1.52. The van der Waals surface area contributed by atoms with Crippen molar-refractivity contribution in [2.75, 3.05) is 26.2 Å². The second-order valence-corrected chi connectivity index (χ2v) is 7.74. The lowest BCUT2D eigenvalue weighted by molar-refractivity contribution is -0.133. The number of hydrogen-bond acceptors (Lipinski definition) is 5. The van der Waals surface area contributed by atoms with E-state index >= 15 is 0 Å². The third-order valence-corrected chi connectivity index (χ3v) is 5.40. The van der Waals surface area contributed by atoms with Crippen molar-refractivity contribution in [3.05, 3.63) is 41.4 Å². The van der Waals surface area contributed by atoms with Gasteiger partial charge in [0.05, 0.1) is 17.3 Å². The molecule has 1 saturated heterocycles. The lowest BCUT2D eigenvalue weighted by Gasteiger charge is -2.38. The number of amides is 1. The molecule has 1 atom stereocenters. The Balaban J connectivity index is 1.51. The molecule has 3 rings (SSSR count). The Bertz CT molecular complexity index is 850. The van der Waals surface area contributed by atoms with Gasteiger partial charge in [0, 0.05) is 44.6 Å². The lowest BCUT2D eigenvalue weighted by atomic mass is 10.0. The van der Waals surface area contributed by atoms with E-state index in [2.05, 4.69) is 29.8 Å². The van der Waals surface area contributed by atoms with Gasteiger partial charge in [0.25, 0.3) is 0 Å². The highest BCUT2D eigenvalue weighted by Gasteiger charge is 2.27. The molecule has 2 heterocycles. The van der Waals surface area contributed by atoms with Gasteiger partial charge in [-0.1, -0.05) is 37.6 Å². The van der Waals surface area contributed by atoms with Crippen LogP contribution in [-0.4, -0.2) is 52.9 Å². The van der Waals surface area contributed by atoms with E-state index in [-0.39, 0.29) is 17.9 Å². The van der Waals surface area contributed by atoms with Crippen molar-refractivity contribution in [3.8, 4) is 17.4 Å². The minimum Gasteiger partial charge on any atom is -0.441 e. The van der Waals surface area contributed by atoms with Gasteiger partial charge in [0.15, 0.2) is 11.7 Å². The van der Waals surface area contributed by atoms with Crippen molar-refractivity contribution >= 4 is 17.5 Å². The summed E-state index contributed by atoms with van der Waals surface area (Å²) in [7, 11) is 0. The number of benzene rings is 1. The number of aromatic nitrogens is 1. The Labute approximate surface area is 170 Å². The van der Waals surface area contributed by atoms with Gasteiger partial charge in [-0.2, -0.15) is 5.26 Å². The molecule has 1 amide bonds. The largest absolute Gasteiger partial charge is 0.441 e. The number of nitrogens with zero attached hydrogens (tertiary/aromatic N) is 4. The Kier molecular flexibility index (Phi) is 6.71. The van der Waals surface area contributed by atoms with Crippen LogP contribution in [0.5, 0.6) is 0 Å². The van der Waals surface area contributed by atoms with E-state index in [4.69, 9.17) is 16.0 Å². The van der Waals surface area contributed by atoms with E-state index in [1.807, 2.05) is 23.1 Å². The van der Waals surface area contributed by atoms with Crippen LogP contribution in [0.25, 0.3) is 11.3 Å². The van der Waals surface area contributed by atoms with Crippen molar-refractivity contribution in [2.24, 2.45) is 5.92 Å². The average Bonchev–Trinajstić information content (AvgIpc) is 3.16. The van der Waals surface area contributed by atoms with Crippen LogP contribution in [0.4, 0.5) is 0 Å². The zero-order valence-electron chi connectivity index (χ0n) is 16.3. The van der Waals surface area contributed by atoms with Gasteiger partial charge in [-0.25, -0.2) is 4.98 Å². The highest BCUT2D eigenvalue weighted by Crippen LogP contribution is 2.28. The summed E-state index contributed by atoms with van der Waals surface area (Å²) in [5.41, 5.74) is 0.794. The first-order valence-corrected chi connectivity index (χ1v) is 9.98. The fraction of sp³-hybridized carbons (Fsp3) is 0.476. The van der Waals surface area contributed by atoms with Crippen LogP contribution >= 0.6 is 11.6 Å². The molecule has 0 N–H and O–H groups in total. The molecule has 0 saturated carbocycles. The summed E-state index contributed by atoms with van der Waals surface area (Å²) in [6.45, 7) is 6.88. The molecule has 6 nitrogen and oxygen atoms in total.